The summed E-state index contributed by atoms with van der Waals surface area (Å²) in [6, 6.07) is 4.99. The summed E-state index contributed by atoms with van der Waals surface area (Å²) in [5.74, 6) is 0.527. The van der Waals surface area contributed by atoms with Gasteiger partial charge in [0.15, 0.2) is 0 Å². The molecule has 0 aliphatic carbocycles. The maximum Gasteiger partial charge on any atom is 0.251 e. The van der Waals surface area contributed by atoms with Crippen LogP contribution in [-0.2, 0) is 4.74 Å². The third kappa shape index (κ3) is 4.17. The molecule has 0 spiro atoms. The fourth-order valence-corrected chi connectivity index (χ4v) is 1.60. The molecule has 6 heteroatoms. The molecule has 0 bridgehead atoms. The summed E-state index contributed by atoms with van der Waals surface area (Å²) in [6.07, 6.45) is 3.99. The highest BCUT2D eigenvalue weighted by atomic mass is 16.5. The van der Waals surface area contributed by atoms with E-state index in [-0.39, 0.29) is 5.56 Å². The van der Waals surface area contributed by atoms with Crippen molar-refractivity contribution in [2.24, 2.45) is 0 Å². The number of ether oxygens (including phenoxy) is 2. The molecule has 2 aromatic rings. The van der Waals surface area contributed by atoms with E-state index in [1.807, 2.05) is 6.07 Å². The highest BCUT2D eigenvalue weighted by Gasteiger charge is 2.02. The van der Waals surface area contributed by atoms with Crippen LogP contribution in [0.15, 0.2) is 35.5 Å². The van der Waals surface area contributed by atoms with E-state index in [0.29, 0.717) is 24.8 Å². The molecule has 2 heterocycles. The largest absolute Gasteiger partial charge is 0.475 e. The van der Waals surface area contributed by atoms with Crippen LogP contribution in [0.1, 0.15) is 13.3 Å². The third-order valence-corrected chi connectivity index (χ3v) is 2.54. The van der Waals surface area contributed by atoms with Crippen molar-refractivity contribution in [2.45, 2.75) is 13.3 Å². The Kier molecular flexibility index (Phi) is 5.25. The second kappa shape index (κ2) is 7.40. The molecule has 0 atom stereocenters. The molecule has 0 aromatic carbocycles. The van der Waals surface area contributed by atoms with Gasteiger partial charge < -0.3 is 14.5 Å². The lowest BCUT2D eigenvalue weighted by atomic mass is 10.2. The summed E-state index contributed by atoms with van der Waals surface area (Å²) in [6.45, 7) is 3.82. The van der Waals surface area contributed by atoms with Gasteiger partial charge in [-0.25, -0.2) is 9.97 Å². The maximum absolute atomic E-state index is 11.2. The lowest BCUT2D eigenvalue weighted by molar-refractivity contribution is 0.0990. The van der Waals surface area contributed by atoms with E-state index in [9.17, 15) is 4.79 Å². The van der Waals surface area contributed by atoms with Crippen LogP contribution in [0.4, 0.5) is 0 Å². The van der Waals surface area contributed by atoms with Gasteiger partial charge >= 0.3 is 0 Å². The number of pyridine rings is 1. The standard InChI is InChI=1S/C14H17N3O3/c1-2-5-19-6-7-20-14-4-3-11(9-15-14)12-8-13(18)17-10-16-12/h3-4,8-10H,2,5-7H2,1H3,(H,16,17,18). The fraction of sp³-hybridized carbons (Fsp3) is 0.357. The molecule has 2 aromatic heterocycles. The molecule has 0 radical (unpaired) electrons. The number of H-pyrrole nitrogens is 1. The Bertz CT molecular complexity index is 581. The molecule has 6 nitrogen and oxygen atoms in total. The van der Waals surface area contributed by atoms with Gasteiger partial charge in [0.2, 0.25) is 5.88 Å². The number of hydrogen-bond donors (Lipinski definition) is 1. The molecule has 0 fully saturated rings. The number of nitrogens with zero attached hydrogens (tertiary/aromatic N) is 2. The number of nitrogens with one attached hydrogen (secondary N) is 1. The summed E-state index contributed by atoms with van der Waals surface area (Å²) >= 11 is 0. The minimum Gasteiger partial charge on any atom is -0.475 e. The van der Waals surface area contributed by atoms with Gasteiger partial charge in [-0.05, 0) is 12.5 Å². The molecule has 0 aliphatic rings. The van der Waals surface area contributed by atoms with Crippen LogP contribution in [0.25, 0.3) is 11.3 Å². The predicted molar refractivity (Wildman–Crippen MR) is 74.7 cm³/mol. The molecular weight excluding hydrogens is 258 g/mol. The van der Waals surface area contributed by atoms with Gasteiger partial charge in [-0.1, -0.05) is 6.92 Å². The van der Waals surface area contributed by atoms with Crippen molar-refractivity contribution in [3.05, 3.63) is 41.1 Å². The van der Waals surface area contributed by atoms with Gasteiger partial charge in [0.1, 0.15) is 6.61 Å². The van der Waals surface area contributed by atoms with E-state index in [1.54, 1.807) is 12.3 Å². The van der Waals surface area contributed by atoms with Gasteiger partial charge in [0.25, 0.3) is 5.56 Å². The van der Waals surface area contributed by atoms with Crippen LogP contribution in [0.2, 0.25) is 0 Å². The van der Waals surface area contributed by atoms with Gasteiger partial charge in [-0.15, -0.1) is 0 Å². The van der Waals surface area contributed by atoms with Crippen molar-refractivity contribution in [2.75, 3.05) is 19.8 Å². The van der Waals surface area contributed by atoms with Crippen molar-refractivity contribution in [1.29, 1.82) is 0 Å². The lowest BCUT2D eigenvalue weighted by Crippen LogP contribution is -2.08. The number of aromatic amines is 1. The molecule has 0 amide bonds. The van der Waals surface area contributed by atoms with Crippen LogP contribution in [0.5, 0.6) is 5.88 Å². The first-order valence-electron chi connectivity index (χ1n) is 6.51. The molecule has 0 saturated heterocycles. The summed E-state index contributed by atoms with van der Waals surface area (Å²) in [5.41, 5.74) is 1.16. The minimum absolute atomic E-state index is 0.191. The second-order valence-electron chi connectivity index (χ2n) is 4.14. The Hall–Kier alpha value is -2.21. The minimum atomic E-state index is -0.191. The molecule has 2 rings (SSSR count). The van der Waals surface area contributed by atoms with Crippen LogP contribution < -0.4 is 10.3 Å². The molecular formula is C14H17N3O3. The Morgan fingerprint density at radius 3 is 2.80 bits per heavy atom. The average Bonchev–Trinajstić information content (AvgIpc) is 2.48. The zero-order chi connectivity index (χ0) is 14.2. The highest BCUT2D eigenvalue weighted by Crippen LogP contribution is 2.16. The van der Waals surface area contributed by atoms with E-state index >= 15 is 0 Å². The maximum atomic E-state index is 11.2. The van der Waals surface area contributed by atoms with E-state index < -0.39 is 0 Å². The quantitative estimate of drug-likeness (QED) is 0.777. The Labute approximate surface area is 116 Å². The average molecular weight is 275 g/mol. The summed E-state index contributed by atoms with van der Waals surface area (Å²) in [5, 5.41) is 0. The lowest BCUT2D eigenvalue weighted by Gasteiger charge is -2.06. The Balaban J connectivity index is 1.91. The second-order valence-corrected chi connectivity index (χ2v) is 4.14. The first-order chi connectivity index (χ1) is 9.79. The smallest absolute Gasteiger partial charge is 0.251 e. The summed E-state index contributed by atoms with van der Waals surface area (Å²) in [4.78, 5) is 21.9. The van der Waals surface area contributed by atoms with Gasteiger partial charge in [-0.3, -0.25) is 4.79 Å². The first-order valence-corrected chi connectivity index (χ1v) is 6.51. The zero-order valence-electron chi connectivity index (χ0n) is 11.3. The predicted octanol–water partition coefficient (Wildman–Crippen LogP) is 1.64. The number of aromatic nitrogens is 3. The molecule has 0 aliphatic heterocycles. The number of hydrogen-bond acceptors (Lipinski definition) is 5. The zero-order valence-corrected chi connectivity index (χ0v) is 11.3. The van der Waals surface area contributed by atoms with Crippen molar-refractivity contribution in [3.8, 4) is 17.1 Å². The fourth-order valence-electron chi connectivity index (χ4n) is 1.60. The summed E-state index contributed by atoms with van der Waals surface area (Å²) in [7, 11) is 0. The van der Waals surface area contributed by atoms with Crippen LogP contribution in [-0.4, -0.2) is 34.8 Å². The first kappa shape index (κ1) is 14.2. The third-order valence-electron chi connectivity index (χ3n) is 2.54. The van der Waals surface area contributed by atoms with Crippen LogP contribution >= 0.6 is 0 Å². The molecule has 0 unspecified atom stereocenters. The Morgan fingerprint density at radius 1 is 1.20 bits per heavy atom. The number of rotatable bonds is 7. The van der Waals surface area contributed by atoms with Crippen molar-refractivity contribution in [1.82, 2.24) is 15.0 Å². The normalized spacial score (nSPS) is 10.4. The molecule has 20 heavy (non-hydrogen) atoms. The highest BCUT2D eigenvalue weighted by molar-refractivity contribution is 5.57. The monoisotopic (exact) mass is 275 g/mol. The van der Waals surface area contributed by atoms with E-state index in [4.69, 9.17) is 9.47 Å². The van der Waals surface area contributed by atoms with Crippen molar-refractivity contribution < 1.29 is 9.47 Å². The SMILES string of the molecule is CCCOCCOc1ccc(-c2cc(=O)[nH]cn2)cn1. The van der Waals surface area contributed by atoms with Crippen LogP contribution in [0, 0.1) is 0 Å². The van der Waals surface area contributed by atoms with Crippen LogP contribution in [0.3, 0.4) is 0 Å². The van der Waals surface area contributed by atoms with Gasteiger partial charge in [0.05, 0.1) is 18.6 Å². The van der Waals surface area contributed by atoms with Crippen molar-refractivity contribution in [3.63, 3.8) is 0 Å². The van der Waals surface area contributed by atoms with E-state index in [1.165, 1.54) is 12.4 Å². The molecule has 0 saturated carbocycles. The van der Waals surface area contributed by atoms with E-state index in [2.05, 4.69) is 21.9 Å². The van der Waals surface area contributed by atoms with E-state index in [0.717, 1.165) is 18.6 Å². The van der Waals surface area contributed by atoms with Gasteiger partial charge in [0, 0.05) is 30.5 Å². The molecule has 1 N–H and O–H groups in total. The topological polar surface area (TPSA) is 77.1 Å². The van der Waals surface area contributed by atoms with Crippen molar-refractivity contribution >= 4 is 0 Å². The van der Waals surface area contributed by atoms with Gasteiger partial charge in [-0.2, -0.15) is 0 Å². The Morgan fingerprint density at radius 2 is 2.10 bits per heavy atom. The summed E-state index contributed by atoms with van der Waals surface area (Å²) < 4.78 is 10.8. The molecule has 106 valence electrons.